The third-order valence-corrected chi connectivity index (χ3v) is 4.89. The topological polar surface area (TPSA) is 226 Å². The Morgan fingerprint density at radius 1 is 1.06 bits per heavy atom. The molecule has 0 saturated heterocycles. The standard InChI is InChI=1S/C18H31N7O6S/c19-4-2-1-3-12(23-15(27)11(20)5-10-6-21-9-22-10)16(28)24-13(7-26)17(29)25-14(8-32)18(30)31/h6,9,11-14,26,32H,1-5,7-8,19-20H2,(H,21,22)(H,23,27)(H,24,28)(H,25,29)(H,30,31). The zero-order valence-corrected chi connectivity index (χ0v) is 18.4. The van der Waals surface area contributed by atoms with E-state index < -0.39 is 54.5 Å². The molecule has 3 amide bonds. The lowest BCUT2D eigenvalue weighted by atomic mass is 10.1. The van der Waals surface area contributed by atoms with E-state index in [1.54, 1.807) is 0 Å². The lowest BCUT2D eigenvalue weighted by Gasteiger charge is -2.24. The first-order valence-electron chi connectivity index (χ1n) is 10.0. The quantitative estimate of drug-likeness (QED) is 0.0925. The van der Waals surface area contributed by atoms with Gasteiger partial charge >= 0.3 is 5.97 Å². The molecule has 0 aliphatic rings. The molecule has 0 aliphatic heterocycles. The fraction of sp³-hybridized carbons (Fsp3) is 0.611. The van der Waals surface area contributed by atoms with Crippen LogP contribution in [0.25, 0.3) is 0 Å². The maximum absolute atomic E-state index is 12.7. The number of rotatable bonds is 15. The molecule has 180 valence electrons. The summed E-state index contributed by atoms with van der Waals surface area (Å²) >= 11 is 3.84. The summed E-state index contributed by atoms with van der Waals surface area (Å²) in [6.07, 6.45) is 4.49. The molecule has 0 fully saturated rings. The number of hydrogen-bond donors (Lipinski definition) is 9. The summed E-state index contributed by atoms with van der Waals surface area (Å²) in [6, 6.07) is -4.71. The van der Waals surface area contributed by atoms with E-state index in [4.69, 9.17) is 16.6 Å². The number of carbonyl (C=O) groups is 4. The molecule has 0 bridgehead atoms. The van der Waals surface area contributed by atoms with Crippen molar-refractivity contribution in [1.82, 2.24) is 25.9 Å². The van der Waals surface area contributed by atoms with E-state index in [-0.39, 0.29) is 18.6 Å². The van der Waals surface area contributed by atoms with Crippen molar-refractivity contribution in [1.29, 1.82) is 0 Å². The Labute approximate surface area is 190 Å². The Morgan fingerprint density at radius 2 is 1.69 bits per heavy atom. The molecule has 0 aromatic carbocycles. The van der Waals surface area contributed by atoms with Gasteiger partial charge in [-0.3, -0.25) is 14.4 Å². The van der Waals surface area contributed by atoms with E-state index in [9.17, 15) is 24.3 Å². The molecule has 0 spiro atoms. The predicted octanol–water partition coefficient (Wildman–Crippen LogP) is -3.13. The van der Waals surface area contributed by atoms with Gasteiger partial charge in [0.2, 0.25) is 17.7 Å². The summed E-state index contributed by atoms with van der Waals surface area (Å²) in [5.41, 5.74) is 12.0. The highest BCUT2D eigenvalue weighted by Crippen LogP contribution is 2.04. The number of hydrogen-bond acceptors (Lipinski definition) is 9. The third-order valence-electron chi connectivity index (χ3n) is 4.52. The minimum atomic E-state index is -1.42. The van der Waals surface area contributed by atoms with Crippen LogP contribution in [0.1, 0.15) is 25.0 Å². The largest absolute Gasteiger partial charge is 0.480 e. The molecule has 13 nitrogen and oxygen atoms in total. The SMILES string of the molecule is NCCCCC(NC(=O)C(N)Cc1cnc[nH]1)C(=O)NC(CO)C(=O)NC(CS)C(=O)O. The molecule has 10 N–H and O–H groups in total. The molecule has 0 aliphatic carbocycles. The fourth-order valence-electron chi connectivity index (χ4n) is 2.69. The van der Waals surface area contributed by atoms with E-state index in [2.05, 4.69) is 38.5 Å². The van der Waals surface area contributed by atoms with Crippen LogP contribution in [0.2, 0.25) is 0 Å². The van der Waals surface area contributed by atoms with Gasteiger partial charge in [-0.25, -0.2) is 9.78 Å². The zero-order valence-electron chi connectivity index (χ0n) is 17.5. The maximum atomic E-state index is 12.7. The molecule has 4 unspecified atom stereocenters. The van der Waals surface area contributed by atoms with Crippen LogP contribution < -0.4 is 27.4 Å². The number of unbranched alkanes of at least 4 members (excludes halogenated alkanes) is 1. The van der Waals surface area contributed by atoms with Crippen molar-refractivity contribution in [2.45, 2.75) is 49.9 Å². The minimum Gasteiger partial charge on any atom is -0.480 e. The average Bonchev–Trinajstić information content (AvgIpc) is 3.27. The van der Waals surface area contributed by atoms with Gasteiger partial charge in [0.1, 0.15) is 18.1 Å². The van der Waals surface area contributed by atoms with Crippen LogP contribution in [0.15, 0.2) is 12.5 Å². The summed E-state index contributed by atoms with van der Waals surface area (Å²) < 4.78 is 0. The highest BCUT2D eigenvalue weighted by molar-refractivity contribution is 7.80. The van der Waals surface area contributed by atoms with Crippen molar-refractivity contribution >= 4 is 36.3 Å². The first kappa shape index (κ1) is 27.4. The molecule has 1 rings (SSSR count). The number of nitrogens with one attached hydrogen (secondary N) is 4. The normalized spacial score (nSPS) is 14.6. The van der Waals surface area contributed by atoms with Crippen molar-refractivity contribution in [3.8, 4) is 0 Å². The Hall–Kier alpha value is -2.68. The second-order valence-corrected chi connectivity index (χ2v) is 7.42. The minimum absolute atomic E-state index is 0.172. The number of nitrogens with two attached hydrogens (primary N) is 2. The maximum Gasteiger partial charge on any atom is 0.327 e. The molecule has 0 saturated carbocycles. The van der Waals surface area contributed by atoms with Crippen LogP contribution in [-0.4, -0.2) is 86.9 Å². The first-order valence-corrected chi connectivity index (χ1v) is 10.6. The van der Waals surface area contributed by atoms with Crippen molar-refractivity contribution in [3.63, 3.8) is 0 Å². The van der Waals surface area contributed by atoms with Crippen LogP contribution in [0.5, 0.6) is 0 Å². The predicted molar refractivity (Wildman–Crippen MR) is 118 cm³/mol. The Balaban J connectivity index is 2.79. The zero-order chi connectivity index (χ0) is 24.1. The van der Waals surface area contributed by atoms with Crippen molar-refractivity contribution < 1.29 is 29.4 Å². The van der Waals surface area contributed by atoms with Crippen LogP contribution in [0.3, 0.4) is 0 Å². The number of thiol groups is 1. The van der Waals surface area contributed by atoms with Gasteiger partial charge in [0.05, 0.1) is 19.0 Å². The number of nitrogens with zero attached hydrogens (tertiary/aromatic N) is 1. The molecular formula is C18H31N7O6S. The monoisotopic (exact) mass is 473 g/mol. The van der Waals surface area contributed by atoms with Crippen molar-refractivity contribution in [2.75, 3.05) is 18.9 Å². The van der Waals surface area contributed by atoms with Gasteiger partial charge in [0.15, 0.2) is 0 Å². The molecule has 0 radical (unpaired) electrons. The van der Waals surface area contributed by atoms with E-state index in [0.29, 0.717) is 25.1 Å². The second kappa shape index (κ2) is 14.4. The van der Waals surface area contributed by atoms with Crippen LogP contribution in [0, 0.1) is 0 Å². The molecule has 4 atom stereocenters. The summed E-state index contributed by atoms with van der Waals surface area (Å²) in [4.78, 5) is 55.2. The van der Waals surface area contributed by atoms with E-state index in [1.807, 2.05) is 0 Å². The van der Waals surface area contributed by atoms with Gasteiger partial charge in [0.25, 0.3) is 0 Å². The third kappa shape index (κ3) is 9.21. The molecule has 1 heterocycles. The van der Waals surface area contributed by atoms with Gasteiger partial charge in [-0.15, -0.1) is 0 Å². The molecule has 1 aromatic rings. The van der Waals surface area contributed by atoms with Gasteiger partial charge in [-0.1, -0.05) is 0 Å². The van der Waals surface area contributed by atoms with Crippen LogP contribution in [0.4, 0.5) is 0 Å². The fourth-order valence-corrected chi connectivity index (χ4v) is 2.94. The summed E-state index contributed by atoms with van der Waals surface area (Å²) in [5.74, 6) is -3.70. The van der Waals surface area contributed by atoms with Crippen LogP contribution in [-0.2, 0) is 25.6 Å². The molecule has 14 heteroatoms. The number of H-pyrrole nitrogens is 1. The lowest BCUT2D eigenvalue weighted by molar-refractivity contribution is -0.142. The number of carbonyl (C=O) groups excluding carboxylic acids is 3. The number of carboxylic acid groups (broad SMARTS) is 1. The number of aromatic amines is 1. The average molecular weight is 474 g/mol. The Morgan fingerprint density at radius 3 is 2.22 bits per heavy atom. The smallest absolute Gasteiger partial charge is 0.327 e. The highest BCUT2D eigenvalue weighted by atomic mass is 32.1. The van der Waals surface area contributed by atoms with E-state index >= 15 is 0 Å². The van der Waals surface area contributed by atoms with Crippen molar-refractivity contribution in [2.24, 2.45) is 11.5 Å². The number of aromatic nitrogens is 2. The molecule has 1 aromatic heterocycles. The van der Waals surface area contributed by atoms with Gasteiger partial charge in [0, 0.05) is 24.1 Å². The number of amides is 3. The summed E-state index contributed by atoms with van der Waals surface area (Å²) in [5, 5.41) is 25.6. The molecule has 32 heavy (non-hydrogen) atoms. The van der Waals surface area contributed by atoms with E-state index in [1.165, 1.54) is 12.5 Å². The number of aliphatic hydroxyl groups excluding tert-OH is 1. The highest BCUT2D eigenvalue weighted by Gasteiger charge is 2.29. The van der Waals surface area contributed by atoms with Gasteiger partial charge < -0.3 is 42.6 Å². The second-order valence-electron chi connectivity index (χ2n) is 7.06. The summed E-state index contributed by atoms with van der Waals surface area (Å²) in [6.45, 7) is -0.386. The number of aliphatic carboxylic acids is 1. The van der Waals surface area contributed by atoms with Gasteiger partial charge in [-0.2, -0.15) is 12.6 Å². The number of imidazole rings is 1. The first-order chi connectivity index (χ1) is 15.2. The number of aliphatic hydroxyl groups is 1. The Kier molecular flexibility index (Phi) is 12.3. The van der Waals surface area contributed by atoms with Gasteiger partial charge in [-0.05, 0) is 25.8 Å². The Bertz CT molecular complexity index is 748. The summed E-state index contributed by atoms with van der Waals surface area (Å²) in [7, 11) is 0. The van der Waals surface area contributed by atoms with E-state index in [0.717, 1.165) is 0 Å². The number of carboxylic acids is 1. The van der Waals surface area contributed by atoms with Crippen LogP contribution >= 0.6 is 12.6 Å². The molecular weight excluding hydrogens is 442 g/mol. The van der Waals surface area contributed by atoms with Crippen molar-refractivity contribution in [3.05, 3.63) is 18.2 Å². The lowest BCUT2D eigenvalue weighted by Crippen LogP contribution is -2.58.